The number of carbonyl (C=O) groups excluding carboxylic acids is 3. The summed E-state index contributed by atoms with van der Waals surface area (Å²) >= 11 is 0. The van der Waals surface area contributed by atoms with E-state index in [-0.39, 0.29) is 58.7 Å². The summed E-state index contributed by atoms with van der Waals surface area (Å²) in [5.74, 6) is -2.76. The van der Waals surface area contributed by atoms with Crippen molar-refractivity contribution in [1.29, 1.82) is 0 Å². The highest BCUT2D eigenvalue weighted by Gasteiger charge is 2.54. The summed E-state index contributed by atoms with van der Waals surface area (Å²) in [7, 11) is 0. The van der Waals surface area contributed by atoms with E-state index in [0.29, 0.717) is 38.5 Å². The Kier molecular flexibility index (Phi) is 7.77. The van der Waals surface area contributed by atoms with Gasteiger partial charge in [-0.3, -0.25) is 33.2 Å². The highest BCUT2D eigenvalue weighted by Crippen LogP contribution is 2.58. The van der Waals surface area contributed by atoms with E-state index in [4.69, 9.17) is 11.5 Å². The molecule has 0 saturated heterocycles. The lowest BCUT2D eigenvalue weighted by Gasteiger charge is -2.54. The van der Waals surface area contributed by atoms with Crippen molar-refractivity contribution in [2.75, 3.05) is 11.1 Å². The van der Waals surface area contributed by atoms with Crippen LogP contribution in [0.4, 0.5) is 11.4 Å². The van der Waals surface area contributed by atoms with E-state index < -0.39 is 40.0 Å². The number of nitrogens with two attached hydrogens (primary N) is 2. The maximum Gasteiger partial charge on any atom is 0.309 e. The summed E-state index contributed by atoms with van der Waals surface area (Å²) in [6, 6.07) is 8.17. The Balaban J connectivity index is 1.18. The van der Waals surface area contributed by atoms with E-state index >= 15 is 0 Å². The molecule has 3 fully saturated rings. The fourth-order valence-corrected chi connectivity index (χ4v) is 6.94. The molecule has 0 aliphatic heterocycles. The zero-order chi connectivity index (χ0) is 33.7. The molecule has 8 N–H and O–H groups in total. The third-order valence-electron chi connectivity index (χ3n) is 10.1. The van der Waals surface area contributed by atoms with E-state index in [1.54, 1.807) is 24.3 Å². The monoisotopic (exact) mass is 642 g/mol. The largest absolute Gasteiger partial charge is 0.481 e. The first-order valence-electron chi connectivity index (χ1n) is 15.2. The Bertz CT molecular complexity index is 2000. The molecule has 1 atom stereocenters. The van der Waals surface area contributed by atoms with Gasteiger partial charge in [-0.15, -0.1) is 0 Å². The summed E-state index contributed by atoms with van der Waals surface area (Å²) in [5, 5.41) is 18.4. The van der Waals surface area contributed by atoms with Gasteiger partial charge in [-0.2, -0.15) is 0 Å². The molecule has 15 nitrogen and oxygen atoms in total. The van der Waals surface area contributed by atoms with Crippen LogP contribution >= 0.6 is 0 Å². The number of fused-ring (bicyclic) bond motifs is 4. The van der Waals surface area contributed by atoms with E-state index in [2.05, 4.69) is 25.9 Å². The van der Waals surface area contributed by atoms with Crippen LogP contribution in [0.25, 0.3) is 5.65 Å². The number of carboxylic acids is 1. The van der Waals surface area contributed by atoms with Gasteiger partial charge in [0, 0.05) is 19.1 Å². The van der Waals surface area contributed by atoms with Gasteiger partial charge in [0.05, 0.1) is 5.41 Å². The number of carbonyl (C=O) groups is 4. The normalized spacial score (nSPS) is 21.0. The van der Waals surface area contributed by atoms with Gasteiger partial charge in [0.2, 0.25) is 0 Å². The molecule has 3 aliphatic carbocycles. The summed E-state index contributed by atoms with van der Waals surface area (Å²) in [5.41, 5.74) is 9.89. The molecule has 47 heavy (non-hydrogen) atoms. The minimum Gasteiger partial charge on any atom is -0.481 e. The Labute approximate surface area is 267 Å². The van der Waals surface area contributed by atoms with Gasteiger partial charge in [0.1, 0.15) is 29.1 Å². The van der Waals surface area contributed by atoms with Crippen LogP contribution in [0.2, 0.25) is 0 Å². The predicted molar refractivity (Wildman–Crippen MR) is 169 cm³/mol. The number of anilines is 2. The van der Waals surface area contributed by atoms with Crippen molar-refractivity contribution >= 4 is 40.7 Å². The Morgan fingerprint density at radius 2 is 1.64 bits per heavy atom. The van der Waals surface area contributed by atoms with Crippen molar-refractivity contribution in [2.24, 2.45) is 16.6 Å². The van der Waals surface area contributed by atoms with Gasteiger partial charge >= 0.3 is 5.97 Å². The quantitative estimate of drug-likeness (QED) is 0.127. The number of benzene rings is 1. The van der Waals surface area contributed by atoms with Gasteiger partial charge in [-0.25, -0.2) is 9.97 Å². The second-order valence-corrected chi connectivity index (χ2v) is 12.6. The van der Waals surface area contributed by atoms with E-state index in [1.807, 2.05) is 6.92 Å². The number of aliphatic carboxylic acids is 1. The Hall–Kier alpha value is -5.60. The first-order chi connectivity index (χ1) is 22.3. The second kappa shape index (κ2) is 11.6. The van der Waals surface area contributed by atoms with Gasteiger partial charge < -0.3 is 32.5 Å². The molecule has 4 aromatic rings. The zero-order valence-corrected chi connectivity index (χ0v) is 25.6. The molecular weight excluding hydrogens is 608 g/mol. The number of primary amides is 1. The highest BCUT2D eigenvalue weighted by molar-refractivity contribution is 6.01. The number of nitrogens with zero attached hydrogens (tertiary/aromatic N) is 3. The van der Waals surface area contributed by atoms with Crippen molar-refractivity contribution in [3.8, 4) is 0 Å². The molecular formula is C32H34N8O7. The maximum absolute atomic E-state index is 13.7. The molecule has 2 aromatic heterocycles. The lowest BCUT2D eigenvalue weighted by molar-refractivity contribution is -0.159. The van der Waals surface area contributed by atoms with Crippen LogP contribution in [0.1, 0.15) is 88.0 Å². The van der Waals surface area contributed by atoms with Crippen molar-refractivity contribution in [3.63, 3.8) is 0 Å². The summed E-state index contributed by atoms with van der Waals surface area (Å²) in [4.78, 5) is 82.4. The van der Waals surface area contributed by atoms with Crippen LogP contribution in [0.15, 0.2) is 46.2 Å². The molecule has 3 saturated carbocycles. The van der Waals surface area contributed by atoms with E-state index in [1.165, 1.54) is 16.8 Å². The van der Waals surface area contributed by atoms with Crippen molar-refractivity contribution in [1.82, 2.24) is 25.0 Å². The highest BCUT2D eigenvalue weighted by atomic mass is 16.4. The SMILES string of the molecule is CC(NC(=O)c1cc(C(=O)NCc2cccc(CNc3c(N)c(=O)c3=O)c2)nc2c(C(N)=O)ncn12)C12CCC(C(=O)O)(CC1)CC2. The number of nitrogen functional groups attached to an aromatic ring is 1. The van der Waals surface area contributed by atoms with E-state index in [0.717, 1.165) is 11.1 Å². The molecule has 2 aromatic carbocycles. The lowest BCUT2D eigenvalue weighted by Crippen LogP contribution is -2.54. The third kappa shape index (κ3) is 5.47. The standard InChI is InChI=1S/C32H34N8O7/c1-16(31-5-8-32(9-6-31,10-7-31)30(46)47)38-29(45)20-12-19(39-27-23(26(34)43)37-15-40(20)27)28(44)36-14-18-4-2-3-17(11-18)13-35-22-21(33)24(41)25(22)42/h2-4,11-12,15-16,35H,5-10,13-14,33H2,1H3,(H2,34,43)(H,36,44)(H,38,45)(H,46,47). The average Bonchev–Trinajstić information content (AvgIpc) is 3.52. The van der Waals surface area contributed by atoms with Gasteiger partial charge in [-0.1, -0.05) is 24.3 Å². The Morgan fingerprint density at radius 1 is 0.979 bits per heavy atom. The number of aromatic nitrogens is 3. The Morgan fingerprint density at radius 3 is 2.26 bits per heavy atom. The fraction of sp³-hybridized carbons (Fsp3) is 0.375. The van der Waals surface area contributed by atoms with Crippen LogP contribution in [0.5, 0.6) is 0 Å². The van der Waals surface area contributed by atoms with Crippen LogP contribution in [0.3, 0.4) is 0 Å². The van der Waals surface area contributed by atoms with Crippen LogP contribution < -0.4 is 38.3 Å². The van der Waals surface area contributed by atoms with Crippen molar-refractivity contribution in [2.45, 2.75) is 64.6 Å². The van der Waals surface area contributed by atoms with Gasteiger partial charge in [-0.05, 0) is 68.1 Å². The van der Waals surface area contributed by atoms with Crippen molar-refractivity contribution < 1.29 is 24.3 Å². The van der Waals surface area contributed by atoms with Crippen LogP contribution in [-0.2, 0) is 17.9 Å². The minimum atomic E-state index is -0.876. The molecule has 15 heteroatoms. The predicted octanol–water partition coefficient (Wildman–Crippen LogP) is 1.09. The summed E-state index contributed by atoms with van der Waals surface area (Å²) in [6.45, 7) is 2.22. The molecule has 2 heterocycles. The number of hydrogen-bond acceptors (Lipinski definition) is 10. The number of nitrogens with one attached hydrogen (secondary N) is 3. The number of rotatable bonds is 11. The first kappa shape index (κ1) is 31.4. The molecule has 0 radical (unpaired) electrons. The average molecular weight is 643 g/mol. The number of imidazole rings is 1. The summed E-state index contributed by atoms with van der Waals surface area (Å²) in [6.07, 6.45) is 4.96. The van der Waals surface area contributed by atoms with Crippen LogP contribution in [0, 0.1) is 10.8 Å². The topological polar surface area (TPSA) is 241 Å². The number of hydrogen-bond donors (Lipinski definition) is 6. The lowest BCUT2D eigenvalue weighted by atomic mass is 9.52. The van der Waals surface area contributed by atoms with Crippen LogP contribution in [-0.4, -0.2) is 49.2 Å². The third-order valence-corrected chi connectivity index (χ3v) is 10.1. The first-order valence-corrected chi connectivity index (χ1v) is 15.2. The fourth-order valence-electron chi connectivity index (χ4n) is 6.94. The molecule has 3 amide bonds. The smallest absolute Gasteiger partial charge is 0.309 e. The molecule has 3 aliphatic rings. The van der Waals surface area contributed by atoms with Gasteiger partial charge in [0.15, 0.2) is 11.3 Å². The minimum absolute atomic E-state index is 0.0283. The van der Waals surface area contributed by atoms with E-state index in [9.17, 15) is 33.9 Å². The number of amides is 3. The molecule has 2 bridgehead atoms. The molecule has 1 unspecified atom stereocenters. The molecule has 0 spiro atoms. The summed E-state index contributed by atoms with van der Waals surface area (Å²) < 4.78 is 1.31. The molecule has 244 valence electrons. The van der Waals surface area contributed by atoms with Crippen molar-refractivity contribution in [3.05, 3.63) is 85.3 Å². The van der Waals surface area contributed by atoms with Gasteiger partial charge in [0.25, 0.3) is 28.6 Å². The number of carboxylic acid groups (broad SMARTS) is 1. The second-order valence-electron chi connectivity index (χ2n) is 12.6. The maximum atomic E-state index is 13.7. The molecule has 7 rings (SSSR count). The zero-order valence-electron chi connectivity index (χ0n) is 25.6.